The van der Waals surface area contributed by atoms with E-state index in [1.165, 1.54) is 13.2 Å². The van der Waals surface area contributed by atoms with Crippen LogP contribution in [-0.2, 0) is 10.2 Å². The van der Waals surface area contributed by atoms with Crippen LogP contribution in [0.2, 0.25) is 0 Å². The maximum Gasteiger partial charge on any atom is 0.235 e. The number of carbonyl (C=O) groups is 1. The van der Waals surface area contributed by atoms with Crippen LogP contribution in [0.5, 0.6) is 11.5 Å². The molecule has 0 aliphatic heterocycles. The predicted molar refractivity (Wildman–Crippen MR) is 85.5 cm³/mol. The number of amides is 1. The third-order valence-electron chi connectivity index (χ3n) is 4.23. The van der Waals surface area contributed by atoms with Gasteiger partial charge in [-0.1, -0.05) is 18.2 Å². The highest BCUT2D eigenvalue weighted by Gasteiger charge is 2.52. The number of halogens is 1. The van der Waals surface area contributed by atoms with Crippen molar-refractivity contribution in [2.45, 2.75) is 18.3 Å². The molecule has 120 valence electrons. The van der Waals surface area contributed by atoms with E-state index in [1.807, 2.05) is 0 Å². The van der Waals surface area contributed by atoms with E-state index in [2.05, 4.69) is 5.32 Å². The SMILES string of the molecule is COc1ccc(OC)c(NC(=O)C2(c3ccccc3F)CC2)c1. The smallest absolute Gasteiger partial charge is 0.235 e. The molecular formula is C18H18FNO3. The van der Waals surface area contributed by atoms with E-state index in [4.69, 9.17) is 9.47 Å². The van der Waals surface area contributed by atoms with Gasteiger partial charge in [0, 0.05) is 11.6 Å². The monoisotopic (exact) mass is 315 g/mol. The second-order valence-electron chi connectivity index (χ2n) is 5.58. The Labute approximate surface area is 134 Å². The van der Waals surface area contributed by atoms with E-state index in [0.717, 1.165) is 0 Å². The molecule has 3 rings (SSSR count). The minimum absolute atomic E-state index is 0.228. The third-order valence-corrected chi connectivity index (χ3v) is 4.23. The lowest BCUT2D eigenvalue weighted by atomic mass is 9.94. The Morgan fingerprint density at radius 1 is 1.13 bits per heavy atom. The molecule has 1 fully saturated rings. The standard InChI is InChI=1S/C18H18FNO3/c1-22-12-7-8-16(23-2)15(11-12)20-17(21)18(9-10-18)13-5-3-4-6-14(13)19/h3-8,11H,9-10H2,1-2H3,(H,20,21). The van der Waals surface area contributed by atoms with Gasteiger partial charge in [0.05, 0.1) is 25.3 Å². The summed E-state index contributed by atoms with van der Waals surface area (Å²) in [5, 5.41) is 2.85. The summed E-state index contributed by atoms with van der Waals surface area (Å²) in [5.74, 6) is 0.562. The molecule has 1 aliphatic rings. The first kappa shape index (κ1) is 15.3. The number of nitrogens with one attached hydrogen (secondary N) is 1. The normalized spacial score (nSPS) is 14.9. The minimum Gasteiger partial charge on any atom is -0.497 e. The first-order valence-corrected chi connectivity index (χ1v) is 7.39. The van der Waals surface area contributed by atoms with Crippen molar-refractivity contribution in [3.8, 4) is 11.5 Å². The van der Waals surface area contributed by atoms with Crippen molar-refractivity contribution in [2.24, 2.45) is 0 Å². The molecule has 2 aromatic carbocycles. The van der Waals surface area contributed by atoms with Crippen molar-refractivity contribution in [2.75, 3.05) is 19.5 Å². The molecule has 0 bridgehead atoms. The summed E-state index contributed by atoms with van der Waals surface area (Å²) in [4.78, 5) is 12.7. The van der Waals surface area contributed by atoms with Crippen molar-refractivity contribution in [3.63, 3.8) is 0 Å². The predicted octanol–water partition coefficient (Wildman–Crippen LogP) is 3.51. The molecule has 23 heavy (non-hydrogen) atoms. The van der Waals surface area contributed by atoms with Crippen LogP contribution in [0.15, 0.2) is 42.5 Å². The van der Waals surface area contributed by atoms with Crippen LogP contribution >= 0.6 is 0 Å². The molecule has 4 nitrogen and oxygen atoms in total. The van der Waals surface area contributed by atoms with Gasteiger partial charge in [0.2, 0.25) is 5.91 Å². The van der Waals surface area contributed by atoms with Crippen molar-refractivity contribution < 1.29 is 18.7 Å². The Balaban J connectivity index is 1.89. The molecule has 0 aromatic heterocycles. The fourth-order valence-electron chi connectivity index (χ4n) is 2.75. The van der Waals surface area contributed by atoms with Crippen LogP contribution in [-0.4, -0.2) is 20.1 Å². The molecule has 0 spiro atoms. The summed E-state index contributed by atoms with van der Waals surface area (Å²) in [6.07, 6.45) is 1.26. The highest BCUT2D eigenvalue weighted by atomic mass is 19.1. The first-order valence-electron chi connectivity index (χ1n) is 7.39. The molecular weight excluding hydrogens is 297 g/mol. The average Bonchev–Trinajstić information content (AvgIpc) is 3.37. The zero-order chi connectivity index (χ0) is 16.4. The van der Waals surface area contributed by atoms with Crippen LogP contribution in [0.4, 0.5) is 10.1 Å². The molecule has 1 saturated carbocycles. The molecule has 1 aliphatic carbocycles. The van der Waals surface area contributed by atoms with Gasteiger partial charge in [0.25, 0.3) is 0 Å². The number of methoxy groups -OCH3 is 2. The summed E-state index contributed by atoms with van der Waals surface area (Å²) in [6.45, 7) is 0. The highest BCUT2D eigenvalue weighted by molar-refractivity contribution is 6.02. The Hall–Kier alpha value is -2.56. The van der Waals surface area contributed by atoms with Gasteiger partial charge in [-0.15, -0.1) is 0 Å². The topological polar surface area (TPSA) is 47.6 Å². The quantitative estimate of drug-likeness (QED) is 0.918. The van der Waals surface area contributed by atoms with E-state index in [1.54, 1.807) is 43.5 Å². The summed E-state index contributed by atoms with van der Waals surface area (Å²) < 4.78 is 24.5. The zero-order valence-corrected chi connectivity index (χ0v) is 13.1. The van der Waals surface area contributed by atoms with Gasteiger partial charge in [-0.3, -0.25) is 4.79 Å². The molecule has 1 N–H and O–H groups in total. The third kappa shape index (κ3) is 2.74. The van der Waals surface area contributed by atoms with Gasteiger partial charge in [-0.05, 0) is 31.0 Å². The lowest BCUT2D eigenvalue weighted by molar-refractivity contribution is -0.118. The zero-order valence-electron chi connectivity index (χ0n) is 13.1. The Bertz CT molecular complexity index is 741. The van der Waals surface area contributed by atoms with Gasteiger partial charge in [0.1, 0.15) is 17.3 Å². The molecule has 0 radical (unpaired) electrons. The van der Waals surface area contributed by atoms with Gasteiger partial charge in [-0.2, -0.15) is 0 Å². The van der Waals surface area contributed by atoms with E-state index >= 15 is 0 Å². The van der Waals surface area contributed by atoms with E-state index in [-0.39, 0.29) is 11.7 Å². The van der Waals surface area contributed by atoms with Crippen LogP contribution < -0.4 is 14.8 Å². The number of rotatable bonds is 5. The largest absolute Gasteiger partial charge is 0.497 e. The fraction of sp³-hybridized carbons (Fsp3) is 0.278. The Morgan fingerprint density at radius 2 is 1.87 bits per heavy atom. The first-order chi connectivity index (χ1) is 11.1. The number of benzene rings is 2. The van der Waals surface area contributed by atoms with Gasteiger partial charge >= 0.3 is 0 Å². The number of anilines is 1. The van der Waals surface area contributed by atoms with Gasteiger partial charge in [-0.25, -0.2) is 4.39 Å². The van der Waals surface area contributed by atoms with Crippen molar-refractivity contribution in [3.05, 3.63) is 53.8 Å². The number of ether oxygens (including phenoxy) is 2. The van der Waals surface area contributed by atoms with Gasteiger partial charge < -0.3 is 14.8 Å². The second kappa shape index (κ2) is 5.91. The van der Waals surface area contributed by atoms with Crippen LogP contribution in [0.1, 0.15) is 18.4 Å². The van der Waals surface area contributed by atoms with Gasteiger partial charge in [0.15, 0.2) is 0 Å². The fourth-order valence-corrected chi connectivity index (χ4v) is 2.75. The van der Waals surface area contributed by atoms with Crippen molar-refractivity contribution in [1.82, 2.24) is 0 Å². The van der Waals surface area contributed by atoms with Crippen molar-refractivity contribution >= 4 is 11.6 Å². The lowest BCUT2D eigenvalue weighted by Gasteiger charge is -2.18. The summed E-state index contributed by atoms with van der Waals surface area (Å²) in [6, 6.07) is 11.6. The summed E-state index contributed by atoms with van der Waals surface area (Å²) in [7, 11) is 3.08. The van der Waals surface area contributed by atoms with E-state index in [0.29, 0.717) is 35.6 Å². The number of hydrogen-bond acceptors (Lipinski definition) is 3. The molecule has 0 heterocycles. The number of carbonyl (C=O) groups excluding carboxylic acids is 1. The molecule has 2 aromatic rings. The minimum atomic E-state index is -0.792. The molecule has 5 heteroatoms. The molecule has 0 saturated heterocycles. The Morgan fingerprint density at radius 3 is 2.48 bits per heavy atom. The number of hydrogen-bond donors (Lipinski definition) is 1. The molecule has 0 atom stereocenters. The maximum absolute atomic E-state index is 14.1. The van der Waals surface area contributed by atoms with Crippen LogP contribution in [0, 0.1) is 5.82 Å². The summed E-state index contributed by atoms with van der Waals surface area (Å²) >= 11 is 0. The highest BCUT2D eigenvalue weighted by Crippen LogP contribution is 2.50. The van der Waals surface area contributed by atoms with Crippen molar-refractivity contribution in [1.29, 1.82) is 0 Å². The van der Waals surface area contributed by atoms with Crippen LogP contribution in [0.25, 0.3) is 0 Å². The summed E-state index contributed by atoms with van der Waals surface area (Å²) in [5.41, 5.74) is 0.165. The van der Waals surface area contributed by atoms with Crippen LogP contribution in [0.3, 0.4) is 0 Å². The maximum atomic E-state index is 14.1. The van der Waals surface area contributed by atoms with E-state index in [9.17, 15) is 9.18 Å². The second-order valence-corrected chi connectivity index (χ2v) is 5.58. The van der Waals surface area contributed by atoms with E-state index < -0.39 is 5.41 Å². The lowest BCUT2D eigenvalue weighted by Crippen LogP contribution is -2.28. The molecule has 0 unspecified atom stereocenters. The molecule has 1 amide bonds. The Kier molecular flexibility index (Phi) is 3.94. The average molecular weight is 315 g/mol.